The average Bonchev–Trinajstić information content (AvgIpc) is 2.83. The van der Waals surface area contributed by atoms with E-state index in [1.54, 1.807) is 36.3 Å². The van der Waals surface area contributed by atoms with E-state index in [9.17, 15) is 9.47 Å². The van der Waals surface area contributed by atoms with E-state index < -0.39 is 9.73 Å². The van der Waals surface area contributed by atoms with Crippen LogP contribution in [0.25, 0.3) is 0 Å². The normalized spacial score (nSPS) is 17.1. The van der Waals surface area contributed by atoms with Crippen molar-refractivity contribution in [2.75, 3.05) is 36.2 Å². The Labute approximate surface area is 212 Å². The number of hydrogen-bond donors (Lipinski definition) is 2. The summed E-state index contributed by atoms with van der Waals surface area (Å²) in [7, 11) is -2.34. The number of hydrogen-bond acceptors (Lipinski definition) is 9. The van der Waals surface area contributed by atoms with Crippen molar-refractivity contribution in [3.63, 3.8) is 0 Å². The fourth-order valence-corrected chi connectivity index (χ4v) is 5.63. The molecule has 2 aliphatic rings. The lowest BCUT2D eigenvalue weighted by Crippen LogP contribution is -2.35. The average molecular weight is 503 g/mol. The summed E-state index contributed by atoms with van der Waals surface area (Å²) in [6.45, 7) is 5.37. The molecule has 0 fully saturated rings. The maximum atomic E-state index is 12.0. The molecule has 1 aromatic carbocycles. The van der Waals surface area contributed by atoms with Gasteiger partial charge in [-0.3, -0.25) is 4.90 Å². The van der Waals surface area contributed by atoms with E-state index in [0.717, 1.165) is 31.7 Å². The van der Waals surface area contributed by atoms with Crippen molar-refractivity contribution in [1.29, 1.82) is 5.26 Å². The first kappa shape index (κ1) is 24.2. The number of nitrogens with one attached hydrogen (secondary N) is 2. The summed E-state index contributed by atoms with van der Waals surface area (Å²) in [6.07, 6.45) is 8.17. The molecule has 0 radical (unpaired) electrons. The molecule has 1 unspecified atom stereocenters. The van der Waals surface area contributed by atoms with Gasteiger partial charge in [0.2, 0.25) is 5.95 Å². The third kappa shape index (κ3) is 5.32. The Morgan fingerprint density at radius 2 is 2.06 bits per heavy atom. The van der Waals surface area contributed by atoms with Crippen LogP contribution in [0.3, 0.4) is 0 Å². The van der Waals surface area contributed by atoms with Crippen LogP contribution in [0.4, 0.5) is 29.1 Å². The molecule has 186 valence electrons. The van der Waals surface area contributed by atoms with E-state index in [2.05, 4.69) is 60.0 Å². The molecule has 1 atom stereocenters. The van der Waals surface area contributed by atoms with Gasteiger partial charge in [-0.2, -0.15) is 14.6 Å². The number of nitrogens with zero attached hydrogens (tertiary/aromatic N) is 6. The quantitative estimate of drug-likeness (QED) is 0.491. The minimum absolute atomic E-state index is 0.293. The van der Waals surface area contributed by atoms with E-state index in [4.69, 9.17) is 0 Å². The third-order valence-electron chi connectivity index (χ3n) is 6.54. The second-order valence-corrected chi connectivity index (χ2v) is 12.1. The maximum absolute atomic E-state index is 12.0. The summed E-state index contributed by atoms with van der Waals surface area (Å²) in [4.78, 5) is 15.8. The first-order chi connectivity index (χ1) is 17.3. The molecule has 2 aromatic heterocycles. The zero-order valence-electron chi connectivity index (χ0n) is 20.8. The smallest absolute Gasteiger partial charge is 0.229 e. The zero-order chi connectivity index (χ0) is 25.3. The molecule has 36 heavy (non-hydrogen) atoms. The molecule has 0 spiro atoms. The van der Waals surface area contributed by atoms with Gasteiger partial charge in [0.1, 0.15) is 17.5 Å². The predicted octanol–water partition coefficient (Wildman–Crippen LogP) is 4.84. The minimum Gasteiger partial charge on any atom is -0.324 e. The van der Waals surface area contributed by atoms with Crippen LogP contribution in [-0.2, 0) is 22.7 Å². The SMILES string of the molecule is CCN1Cc2cc(Nc3ncc(C#N)c(Nc4cccc(N=S(C)(C)=O)n4)n3)cc3c2C(CCC3)C1. The Kier molecular flexibility index (Phi) is 6.60. The van der Waals surface area contributed by atoms with Crippen molar-refractivity contribution in [2.45, 2.75) is 38.6 Å². The van der Waals surface area contributed by atoms with Crippen LogP contribution in [0, 0.1) is 11.3 Å². The maximum Gasteiger partial charge on any atom is 0.229 e. The number of anilines is 4. The van der Waals surface area contributed by atoms with Crippen molar-refractivity contribution in [2.24, 2.45) is 4.36 Å². The van der Waals surface area contributed by atoms with Gasteiger partial charge >= 0.3 is 0 Å². The predicted molar refractivity (Wildman–Crippen MR) is 143 cm³/mol. The van der Waals surface area contributed by atoms with Gasteiger partial charge in [-0.25, -0.2) is 14.2 Å². The Morgan fingerprint density at radius 3 is 2.83 bits per heavy atom. The monoisotopic (exact) mass is 502 g/mol. The number of nitriles is 1. The van der Waals surface area contributed by atoms with Crippen molar-refractivity contribution in [3.05, 3.63) is 58.8 Å². The molecule has 0 bridgehead atoms. The summed E-state index contributed by atoms with van der Waals surface area (Å²) in [5, 5.41) is 16.0. The second kappa shape index (κ2) is 9.84. The van der Waals surface area contributed by atoms with Crippen molar-refractivity contribution in [3.8, 4) is 6.07 Å². The molecule has 0 amide bonds. The second-order valence-electron chi connectivity index (χ2n) is 9.60. The molecule has 3 aromatic rings. The van der Waals surface area contributed by atoms with Crippen LogP contribution in [-0.4, -0.2) is 49.7 Å². The molecule has 3 heterocycles. The van der Waals surface area contributed by atoms with Crippen molar-refractivity contribution in [1.82, 2.24) is 19.9 Å². The van der Waals surface area contributed by atoms with E-state index >= 15 is 0 Å². The highest BCUT2D eigenvalue weighted by molar-refractivity contribution is 7.92. The highest BCUT2D eigenvalue weighted by Gasteiger charge is 2.30. The molecular formula is C26H30N8OS. The lowest BCUT2D eigenvalue weighted by atomic mass is 9.77. The summed E-state index contributed by atoms with van der Waals surface area (Å²) in [5.41, 5.74) is 5.59. The molecule has 5 rings (SSSR count). The Morgan fingerprint density at radius 1 is 1.22 bits per heavy atom. The van der Waals surface area contributed by atoms with Gasteiger partial charge < -0.3 is 10.6 Å². The van der Waals surface area contributed by atoms with E-state index in [-0.39, 0.29) is 0 Å². The van der Waals surface area contributed by atoms with Crippen LogP contribution in [0.2, 0.25) is 0 Å². The number of aryl methyl sites for hydroxylation is 1. The van der Waals surface area contributed by atoms with Gasteiger partial charge in [0.05, 0.1) is 6.20 Å². The number of benzene rings is 1. The van der Waals surface area contributed by atoms with Crippen LogP contribution < -0.4 is 10.6 Å². The summed E-state index contributed by atoms with van der Waals surface area (Å²) in [6, 6.07) is 11.8. The standard InChI is InChI=1S/C26H30N8OS/c1-4-34-15-18-8-5-7-17-11-21(12-19(16-34)24(17)18)29-26-28-14-20(13-27)25(32-26)31-22-9-6-10-23(30-22)33-36(2,3)35/h6,9-12,14,18H,4-5,7-8,15-16H2,1-3H3,(H2,28,29,30,31,32). The van der Waals surface area contributed by atoms with Gasteiger partial charge in [-0.15, -0.1) is 0 Å². The third-order valence-corrected chi connectivity index (χ3v) is 7.16. The molecule has 10 heteroatoms. The highest BCUT2D eigenvalue weighted by Crippen LogP contribution is 2.40. The van der Waals surface area contributed by atoms with Gasteiger partial charge in [0.15, 0.2) is 11.6 Å². The lowest BCUT2D eigenvalue weighted by Gasteiger charge is -2.38. The van der Waals surface area contributed by atoms with Gasteiger partial charge in [0.25, 0.3) is 0 Å². The Hall–Kier alpha value is -3.55. The van der Waals surface area contributed by atoms with Gasteiger partial charge in [-0.05, 0) is 72.7 Å². The van der Waals surface area contributed by atoms with Crippen LogP contribution in [0.15, 0.2) is 40.9 Å². The molecule has 1 aliphatic heterocycles. The zero-order valence-corrected chi connectivity index (χ0v) is 21.6. The molecule has 1 aliphatic carbocycles. The molecule has 0 saturated carbocycles. The number of likely N-dealkylation sites (N-methyl/N-ethyl adjacent to an activating group) is 1. The van der Waals surface area contributed by atoms with Crippen LogP contribution in [0.1, 0.15) is 47.9 Å². The number of aromatic nitrogens is 3. The first-order valence-electron chi connectivity index (χ1n) is 12.1. The Balaban J connectivity index is 1.43. The fourth-order valence-electron chi connectivity index (χ4n) is 5.08. The van der Waals surface area contributed by atoms with E-state index in [1.165, 1.54) is 30.2 Å². The Bertz CT molecular complexity index is 1460. The first-order valence-corrected chi connectivity index (χ1v) is 14.5. The summed E-state index contributed by atoms with van der Waals surface area (Å²) < 4.78 is 16.2. The number of rotatable bonds is 6. The highest BCUT2D eigenvalue weighted by atomic mass is 32.2. The largest absolute Gasteiger partial charge is 0.324 e. The van der Waals surface area contributed by atoms with Crippen molar-refractivity contribution < 1.29 is 4.21 Å². The van der Waals surface area contributed by atoms with Crippen molar-refractivity contribution >= 4 is 38.8 Å². The van der Waals surface area contributed by atoms with E-state index in [0.29, 0.717) is 34.9 Å². The molecule has 2 N–H and O–H groups in total. The lowest BCUT2D eigenvalue weighted by molar-refractivity contribution is 0.231. The van der Waals surface area contributed by atoms with Gasteiger partial charge in [0, 0.05) is 41.0 Å². The molecular weight excluding hydrogens is 472 g/mol. The topological polar surface area (TPSA) is 119 Å². The molecule has 0 saturated heterocycles. The number of pyridine rings is 1. The summed E-state index contributed by atoms with van der Waals surface area (Å²) in [5.74, 6) is 2.15. The van der Waals surface area contributed by atoms with Crippen LogP contribution >= 0.6 is 0 Å². The molecule has 9 nitrogen and oxygen atoms in total. The van der Waals surface area contributed by atoms with Gasteiger partial charge in [-0.1, -0.05) is 13.0 Å². The fraction of sp³-hybridized carbons (Fsp3) is 0.385. The summed E-state index contributed by atoms with van der Waals surface area (Å²) >= 11 is 0. The van der Waals surface area contributed by atoms with Crippen LogP contribution in [0.5, 0.6) is 0 Å². The van der Waals surface area contributed by atoms with E-state index in [1.807, 2.05) is 0 Å². The minimum atomic E-state index is -2.34.